The Morgan fingerprint density at radius 3 is 3.08 bits per heavy atom. The number of hydrogen-bond acceptors (Lipinski definition) is 4. The van der Waals surface area contributed by atoms with Crippen molar-refractivity contribution in [2.75, 3.05) is 0 Å². The molecule has 12 heavy (non-hydrogen) atoms. The molecular formula is C7H4N2O3. The van der Waals surface area contributed by atoms with E-state index in [9.17, 15) is 4.79 Å². The summed E-state index contributed by atoms with van der Waals surface area (Å²) in [6.07, 6.45) is 0. The van der Waals surface area contributed by atoms with Crippen LogP contribution in [-0.2, 0) is 0 Å². The summed E-state index contributed by atoms with van der Waals surface area (Å²) in [5.41, 5.74) is 1.11. The number of hydrogen-bond donors (Lipinski definition) is 1. The number of rotatable bonds is 1. The molecule has 0 unspecified atom stereocenters. The van der Waals surface area contributed by atoms with Crippen molar-refractivity contribution in [3.05, 3.63) is 23.8 Å². The average Bonchev–Trinajstić information content (AvgIpc) is 2.49. The van der Waals surface area contributed by atoms with E-state index >= 15 is 0 Å². The highest BCUT2D eigenvalue weighted by molar-refractivity contribution is 5.91. The zero-order valence-electron chi connectivity index (χ0n) is 5.89. The third-order valence-corrected chi connectivity index (χ3v) is 1.49. The first-order chi connectivity index (χ1) is 5.77. The lowest BCUT2D eigenvalue weighted by atomic mass is 10.2. The number of benzene rings is 1. The van der Waals surface area contributed by atoms with Gasteiger partial charge in [-0.1, -0.05) is 0 Å². The Morgan fingerprint density at radius 2 is 2.33 bits per heavy atom. The van der Waals surface area contributed by atoms with E-state index < -0.39 is 5.97 Å². The number of carboxylic acids is 1. The van der Waals surface area contributed by atoms with Crippen molar-refractivity contribution in [2.24, 2.45) is 0 Å². The molecule has 60 valence electrons. The zero-order chi connectivity index (χ0) is 8.55. The molecular weight excluding hydrogens is 160 g/mol. The fourth-order valence-corrected chi connectivity index (χ4v) is 0.911. The molecule has 1 N–H and O–H groups in total. The van der Waals surface area contributed by atoms with Gasteiger partial charge in [-0.2, -0.15) is 0 Å². The maximum absolute atomic E-state index is 10.5. The van der Waals surface area contributed by atoms with Gasteiger partial charge in [0.1, 0.15) is 5.52 Å². The minimum atomic E-state index is -0.992. The predicted molar refractivity (Wildman–Crippen MR) is 38.8 cm³/mol. The van der Waals surface area contributed by atoms with Crippen LogP contribution in [0.3, 0.4) is 0 Å². The number of carboxylic acid groups (broad SMARTS) is 1. The van der Waals surface area contributed by atoms with E-state index in [4.69, 9.17) is 5.11 Å². The van der Waals surface area contributed by atoms with Crippen molar-refractivity contribution in [1.82, 2.24) is 10.4 Å². The van der Waals surface area contributed by atoms with Crippen LogP contribution in [0.2, 0.25) is 0 Å². The Hall–Kier alpha value is -1.91. The van der Waals surface area contributed by atoms with E-state index in [0.717, 1.165) is 0 Å². The van der Waals surface area contributed by atoms with Crippen LogP contribution in [0.1, 0.15) is 10.4 Å². The first-order valence-electron chi connectivity index (χ1n) is 3.23. The molecule has 2 rings (SSSR count). The Bertz CT molecular complexity index is 435. The number of aromatic carboxylic acids is 1. The van der Waals surface area contributed by atoms with Crippen molar-refractivity contribution >= 4 is 17.1 Å². The monoisotopic (exact) mass is 164 g/mol. The second-order valence-electron chi connectivity index (χ2n) is 2.26. The fourth-order valence-electron chi connectivity index (χ4n) is 0.911. The van der Waals surface area contributed by atoms with Crippen LogP contribution in [0.4, 0.5) is 0 Å². The minimum Gasteiger partial charge on any atom is -0.478 e. The molecule has 0 bridgehead atoms. The van der Waals surface area contributed by atoms with Gasteiger partial charge in [-0.15, -0.1) is 5.10 Å². The molecule has 0 amide bonds. The van der Waals surface area contributed by atoms with Crippen LogP contribution in [0.25, 0.3) is 11.1 Å². The SMILES string of the molecule is O=C(O)c1ccc2nnoc2c1. The van der Waals surface area contributed by atoms with Gasteiger partial charge in [0, 0.05) is 11.3 Å². The first kappa shape index (κ1) is 6.78. The van der Waals surface area contributed by atoms with Gasteiger partial charge >= 0.3 is 5.97 Å². The van der Waals surface area contributed by atoms with Crippen molar-refractivity contribution in [2.45, 2.75) is 0 Å². The summed E-state index contributed by atoms with van der Waals surface area (Å²) in [5, 5.41) is 15.5. The van der Waals surface area contributed by atoms with Crippen LogP contribution < -0.4 is 0 Å². The lowest BCUT2D eigenvalue weighted by molar-refractivity contribution is 0.0697. The standard InChI is InChI=1S/C7H4N2O3/c10-7(11)4-1-2-5-6(3-4)12-9-8-5/h1-3H,(H,10,11). The van der Waals surface area contributed by atoms with Gasteiger partial charge < -0.3 is 9.63 Å². The molecule has 1 aromatic heterocycles. The van der Waals surface area contributed by atoms with E-state index in [2.05, 4.69) is 14.9 Å². The molecule has 2 aromatic rings. The van der Waals surface area contributed by atoms with E-state index in [-0.39, 0.29) is 5.56 Å². The molecule has 0 saturated carbocycles. The second kappa shape index (κ2) is 2.30. The normalized spacial score (nSPS) is 10.3. The van der Waals surface area contributed by atoms with Crippen LogP contribution in [0.5, 0.6) is 0 Å². The molecule has 1 heterocycles. The maximum Gasteiger partial charge on any atom is 0.335 e. The smallest absolute Gasteiger partial charge is 0.335 e. The van der Waals surface area contributed by atoms with Gasteiger partial charge in [0.2, 0.25) is 0 Å². The second-order valence-corrected chi connectivity index (χ2v) is 2.26. The summed E-state index contributed by atoms with van der Waals surface area (Å²) in [6, 6.07) is 4.39. The van der Waals surface area contributed by atoms with Gasteiger partial charge in [0.25, 0.3) is 0 Å². The van der Waals surface area contributed by atoms with E-state index in [0.29, 0.717) is 11.1 Å². The van der Waals surface area contributed by atoms with Crippen LogP contribution in [0, 0.1) is 0 Å². The molecule has 0 radical (unpaired) electrons. The highest BCUT2D eigenvalue weighted by atomic mass is 16.5. The molecule has 1 aromatic carbocycles. The summed E-state index contributed by atoms with van der Waals surface area (Å²) in [7, 11) is 0. The molecule has 0 atom stereocenters. The number of nitrogens with zero attached hydrogens (tertiary/aromatic N) is 2. The number of carbonyl (C=O) groups is 1. The first-order valence-corrected chi connectivity index (χ1v) is 3.23. The largest absolute Gasteiger partial charge is 0.478 e. The lowest BCUT2D eigenvalue weighted by Crippen LogP contribution is -1.94. The zero-order valence-corrected chi connectivity index (χ0v) is 5.89. The molecule has 0 spiro atoms. The van der Waals surface area contributed by atoms with Crippen molar-refractivity contribution in [1.29, 1.82) is 0 Å². The van der Waals surface area contributed by atoms with E-state index in [1.807, 2.05) is 0 Å². The summed E-state index contributed by atoms with van der Waals surface area (Å²) < 4.78 is 4.68. The Morgan fingerprint density at radius 1 is 1.50 bits per heavy atom. The average molecular weight is 164 g/mol. The van der Waals surface area contributed by atoms with Gasteiger partial charge in [-0.05, 0) is 12.1 Å². The molecule has 5 heteroatoms. The Balaban J connectivity index is 2.68. The van der Waals surface area contributed by atoms with Crippen molar-refractivity contribution in [3.8, 4) is 0 Å². The highest BCUT2D eigenvalue weighted by Gasteiger charge is 2.06. The van der Waals surface area contributed by atoms with E-state index in [1.54, 1.807) is 6.07 Å². The molecule has 0 fully saturated rings. The summed E-state index contributed by atoms with van der Waals surface area (Å²) >= 11 is 0. The highest BCUT2D eigenvalue weighted by Crippen LogP contribution is 2.12. The third kappa shape index (κ3) is 0.914. The predicted octanol–water partition coefficient (Wildman–Crippen LogP) is 0.921. The van der Waals surface area contributed by atoms with Gasteiger partial charge in [-0.3, -0.25) is 0 Å². The van der Waals surface area contributed by atoms with E-state index in [1.165, 1.54) is 12.1 Å². The van der Waals surface area contributed by atoms with Gasteiger partial charge in [0.15, 0.2) is 5.58 Å². The quantitative estimate of drug-likeness (QED) is 0.678. The molecule has 0 aliphatic carbocycles. The minimum absolute atomic E-state index is 0.168. The molecule has 5 nitrogen and oxygen atoms in total. The van der Waals surface area contributed by atoms with Crippen molar-refractivity contribution in [3.63, 3.8) is 0 Å². The molecule has 0 aliphatic heterocycles. The summed E-state index contributed by atoms with van der Waals surface area (Å²) in [5.74, 6) is -0.992. The fraction of sp³-hybridized carbons (Fsp3) is 0. The van der Waals surface area contributed by atoms with Crippen LogP contribution >= 0.6 is 0 Å². The Kier molecular flexibility index (Phi) is 1.30. The molecule has 0 aliphatic rings. The Labute approximate surface area is 66.6 Å². The third-order valence-electron chi connectivity index (χ3n) is 1.49. The van der Waals surface area contributed by atoms with Crippen LogP contribution in [0.15, 0.2) is 22.7 Å². The van der Waals surface area contributed by atoms with Gasteiger partial charge in [0.05, 0.1) is 5.56 Å². The topological polar surface area (TPSA) is 76.2 Å². The van der Waals surface area contributed by atoms with Crippen LogP contribution in [-0.4, -0.2) is 21.4 Å². The lowest BCUT2D eigenvalue weighted by Gasteiger charge is -1.89. The van der Waals surface area contributed by atoms with Crippen molar-refractivity contribution < 1.29 is 14.4 Å². The number of aromatic nitrogens is 2. The summed E-state index contributed by atoms with van der Waals surface area (Å²) in [4.78, 5) is 10.5. The summed E-state index contributed by atoms with van der Waals surface area (Å²) in [6.45, 7) is 0. The maximum atomic E-state index is 10.5. The molecule has 0 saturated heterocycles. The van der Waals surface area contributed by atoms with Gasteiger partial charge in [-0.25, -0.2) is 4.79 Å². The number of fused-ring (bicyclic) bond motifs is 1.